The van der Waals surface area contributed by atoms with Crippen LogP contribution < -0.4 is 5.73 Å². The van der Waals surface area contributed by atoms with Crippen molar-refractivity contribution in [3.63, 3.8) is 0 Å². The fraction of sp³-hybridized carbons (Fsp3) is 0.364. The fourth-order valence-corrected chi connectivity index (χ4v) is 7.60. The molecule has 11 heteroatoms. The lowest BCUT2D eigenvalue weighted by atomic mass is 9.52. The third-order valence-corrected chi connectivity index (χ3v) is 9.60. The first kappa shape index (κ1) is 29.6. The number of hydrogen-bond donors (Lipinski definition) is 4. The normalized spacial score (nSPS) is 29.6. The van der Waals surface area contributed by atoms with E-state index in [4.69, 9.17) is 10.2 Å². The van der Waals surface area contributed by atoms with E-state index in [2.05, 4.69) is 0 Å². The maximum absolute atomic E-state index is 14.0. The van der Waals surface area contributed by atoms with Gasteiger partial charge in [-0.3, -0.25) is 24.0 Å². The molecule has 1 heterocycles. The highest BCUT2D eigenvalue weighted by Gasteiger charge is 2.69. The number of ketones is 4. The number of aromatic hydroxyl groups is 1. The van der Waals surface area contributed by atoms with Crippen molar-refractivity contribution in [1.82, 2.24) is 4.90 Å². The number of furan rings is 1. The standard InChI is InChI=1S/C33H32N2O9/c1-35(2)27-20-14-17-13-19-18(16-7-5-15(6-8-16)12-22(37)23-4-3-11-44-23)9-10-21(36)25(19)28(38)24(17)30(40)33(20,43)31(41)26(29(27)39)32(34)42/h3-11,17,20,24,26-27,29,36,39,43H,12-14H2,1-2H3,(H2,34,42)/t17-,20-,24?,26?,27-,29?,33-/m1/s1. The Balaban J connectivity index is 1.37. The molecule has 6 rings (SSSR count). The third kappa shape index (κ3) is 4.34. The van der Waals surface area contributed by atoms with Gasteiger partial charge in [0.05, 0.1) is 23.8 Å². The molecule has 3 aliphatic rings. The van der Waals surface area contributed by atoms with Crippen molar-refractivity contribution in [2.45, 2.75) is 37.0 Å². The molecule has 44 heavy (non-hydrogen) atoms. The second kappa shape index (κ2) is 10.6. The summed E-state index contributed by atoms with van der Waals surface area (Å²) < 4.78 is 5.18. The summed E-state index contributed by atoms with van der Waals surface area (Å²) in [6, 6.07) is 12.5. The smallest absolute Gasteiger partial charge is 0.230 e. The molecule has 1 aromatic heterocycles. The maximum atomic E-state index is 14.0. The van der Waals surface area contributed by atoms with Crippen LogP contribution in [0.3, 0.4) is 0 Å². The van der Waals surface area contributed by atoms with E-state index in [1.54, 1.807) is 61.5 Å². The molecule has 0 bridgehead atoms. The number of carbonyl (C=O) groups is 5. The molecule has 0 radical (unpaired) electrons. The highest BCUT2D eigenvalue weighted by atomic mass is 16.3. The Morgan fingerprint density at radius 3 is 2.36 bits per heavy atom. The number of hydrogen-bond acceptors (Lipinski definition) is 10. The Bertz CT molecular complexity index is 1690. The lowest BCUT2D eigenvalue weighted by molar-refractivity contribution is -0.190. The summed E-state index contributed by atoms with van der Waals surface area (Å²) in [7, 11) is 3.20. The van der Waals surface area contributed by atoms with Crippen LogP contribution in [0.2, 0.25) is 0 Å². The molecule has 2 saturated carbocycles. The number of carbonyl (C=O) groups excluding carboxylic acids is 5. The molecule has 5 N–H and O–H groups in total. The number of primary amides is 1. The molecule has 2 fully saturated rings. The molecule has 7 atom stereocenters. The van der Waals surface area contributed by atoms with Crippen LogP contribution in [0.5, 0.6) is 5.75 Å². The number of aliphatic hydroxyl groups excluding tert-OH is 1. The first-order chi connectivity index (χ1) is 20.9. The van der Waals surface area contributed by atoms with Gasteiger partial charge in [0.1, 0.15) is 11.7 Å². The van der Waals surface area contributed by atoms with E-state index in [-0.39, 0.29) is 42.1 Å². The summed E-state index contributed by atoms with van der Waals surface area (Å²) in [6.07, 6.45) is 0.205. The summed E-state index contributed by atoms with van der Waals surface area (Å²) in [4.78, 5) is 67.7. The largest absolute Gasteiger partial charge is 0.507 e. The number of nitrogens with two attached hydrogens (primary N) is 1. The first-order valence-corrected chi connectivity index (χ1v) is 14.4. The highest BCUT2D eigenvalue weighted by molar-refractivity contribution is 6.25. The van der Waals surface area contributed by atoms with E-state index in [9.17, 15) is 39.3 Å². The minimum absolute atomic E-state index is 0.0259. The predicted octanol–water partition coefficient (Wildman–Crippen LogP) is 1.34. The highest BCUT2D eigenvalue weighted by Crippen LogP contribution is 2.52. The zero-order valence-corrected chi connectivity index (χ0v) is 24.1. The van der Waals surface area contributed by atoms with E-state index < -0.39 is 64.7 Å². The Kier molecular flexibility index (Phi) is 7.15. The van der Waals surface area contributed by atoms with Crippen molar-refractivity contribution in [3.8, 4) is 16.9 Å². The van der Waals surface area contributed by atoms with Crippen molar-refractivity contribution >= 4 is 29.0 Å². The Hall–Kier alpha value is -4.45. The molecule has 3 aromatic rings. The Labute approximate surface area is 252 Å². The summed E-state index contributed by atoms with van der Waals surface area (Å²) in [5.74, 6) is -9.39. The number of phenols is 1. The van der Waals surface area contributed by atoms with Gasteiger partial charge in [0.2, 0.25) is 11.7 Å². The van der Waals surface area contributed by atoms with Crippen LogP contribution in [0.1, 0.15) is 38.5 Å². The van der Waals surface area contributed by atoms with E-state index >= 15 is 0 Å². The molecule has 1 amide bonds. The molecule has 228 valence electrons. The number of amides is 1. The lowest BCUT2D eigenvalue weighted by Crippen LogP contribution is -2.75. The number of phenolic OH excluding ortho intramolecular Hbond substituents is 1. The van der Waals surface area contributed by atoms with Crippen LogP contribution in [0.25, 0.3) is 11.1 Å². The van der Waals surface area contributed by atoms with Crippen molar-refractivity contribution in [3.05, 3.63) is 77.2 Å². The molecule has 3 unspecified atom stereocenters. The number of Topliss-reactive ketones (excluding diaryl/α,β-unsaturated/α-hetero) is 4. The molecule has 3 aliphatic carbocycles. The predicted molar refractivity (Wildman–Crippen MR) is 155 cm³/mol. The summed E-state index contributed by atoms with van der Waals surface area (Å²) >= 11 is 0. The molecule has 2 aromatic carbocycles. The van der Waals surface area contributed by atoms with E-state index in [0.29, 0.717) is 11.1 Å². The van der Waals surface area contributed by atoms with Gasteiger partial charge < -0.3 is 30.4 Å². The van der Waals surface area contributed by atoms with Gasteiger partial charge in [-0.25, -0.2) is 0 Å². The van der Waals surface area contributed by atoms with Gasteiger partial charge in [-0.15, -0.1) is 0 Å². The van der Waals surface area contributed by atoms with Gasteiger partial charge in [0, 0.05) is 18.4 Å². The van der Waals surface area contributed by atoms with Gasteiger partial charge in [-0.2, -0.15) is 0 Å². The van der Waals surface area contributed by atoms with Crippen LogP contribution in [0, 0.1) is 23.7 Å². The molecule has 11 nitrogen and oxygen atoms in total. The first-order valence-electron chi connectivity index (χ1n) is 14.4. The van der Waals surface area contributed by atoms with E-state index in [0.717, 1.165) is 11.1 Å². The number of nitrogens with zero attached hydrogens (tertiary/aromatic N) is 1. The van der Waals surface area contributed by atoms with Crippen LogP contribution >= 0.6 is 0 Å². The number of benzene rings is 2. The lowest BCUT2D eigenvalue weighted by Gasteiger charge is -2.54. The summed E-state index contributed by atoms with van der Waals surface area (Å²) in [5, 5.41) is 33.6. The number of likely N-dealkylation sites (N-methyl/N-ethyl adjacent to an activating group) is 1. The summed E-state index contributed by atoms with van der Waals surface area (Å²) in [6.45, 7) is 0. The van der Waals surface area contributed by atoms with Gasteiger partial charge in [-0.1, -0.05) is 30.3 Å². The van der Waals surface area contributed by atoms with Crippen molar-refractivity contribution in [2.24, 2.45) is 29.4 Å². The topological polar surface area (TPSA) is 188 Å². The van der Waals surface area contributed by atoms with E-state index in [1.165, 1.54) is 12.3 Å². The molecule has 0 aliphatic heterocycles. The Morgan fingerprint density at radius 2 is 1.75 bits per heavy atom. The molecular formula is C33H32N2O9. The fourth-order valence-electron chi connectivity index (χ4n) is 7.60. The minimum Gasteiger partial charge on any atom is -0.507 e. The van der Waals surface area contributed by atoms with Crippen LogP contribution in [0.15, 0.2) is 59.2 Å². The van der Waals surface area contributed by atoms with E-state index in [1.807, 2.05) is 0 Å². The summed E-state index contributed by atoms with van der Waals surface area (Å²) in [5.41, 5.74) is 5.30. The monoisotopic (exact) mass is 600 g/mol. The van der Waals surface area contributed by atoms with Crippen molar-refractivity contribution < 1.29 is 43.7 Å². The van der Waals surface area contributed by atoms with Gasteiger partial charge in [-0.05, 0) is 73.3 Å². The van der Waals surface area contributed by atoms with Crippen molar-refractivity contribution in [1.29, 1.82) is 0 Å². The van der Waals surface area contributed by atoms with Gasteiger partial charge >= 0.3 is 0 Å². The average molecular weight is 601 g/mol. The molecule has 0 saturated heterocycles. The SMILES string of the molecule is CN(C)[C@H]1C(O)C(C(N)=O)C(=O)[C@]2(O)C(=O)C3C(=O)c4c(O)ccc(-c5ccc(CC(=O)c6ccco6)cc5)c4C[C@@H]3C[C@H]12. The maximum Gasteiger partial charge on any atom is 0.230 e. The van der Waals surface area contributed by atoms with Crippen molar-refractivity contribution in [2.75, 3.05) is 14.1 Å². The number of fused-ring (bicyclic) bond motifs is 3. The second-order valence-electron chi connectivity index (χ2n) is 12.2. The Morgan fingerprint density at radius 1 is 1.05 bits per heavy atom. The average Bonchev–Trinajstić information content (AvgIpc) is 3.51. The zero-order valence-electron chi connectivity index (χ0n) is 24.1. The van der Waals surface area contributed by atoms with Crippen LogP contribution in [-0.4, -0.2) is 81.1 Å². The third-order valence-electron chi connectivity index (χ3n) is 9.60. The quantitative estimate of drug-likeness (QED) is 0.237. The minimum atomic E-state index is -2.71. The number of aliphatic hydroxyl groups is 2. The van der Waals surface area contributed by atoms with Crippen LogP contribution in [-0.2, 0) is 27.2 Å². The van der Waals surface area contributed by atoms with Gasteiger partial charge in [0.15, 0.2) is 28.7 Å². The second-order valence-corrected chi connectivity index (χ2v) is 12.2. The number of rotatable bonds is 6. The van der Waals surface area contributed by atoms with Crippen LogP contribution in [0.4, 0.5) is 0 Å². The van der Waals surface area contributed by atoms with Gasteiger partial charge in [0.25, 0.3) is 0 Å². The molecular weight excluding hydrogens is 568 g/mol. The zero-order chi connectivity index (χ0) is 31.7. The molecule has 0 spiro atoms.